The third-order valence-corrected chi connectivity index (χ3v) is 5.30. The molecule has 28 heavy (non-hydrogen) atoms. The number of benzene rings is 1. The fraction of sp³-hybridized carbons (Fsp3) is 0.571. The van der Waals surface area contributed by atoms with Crippen molar-refractivity contribution in [3.8, 4) is 0 Å². The van der Waals surface area contributed by atoms with Crippen molar-refractivity contribution in [2.75, 3.05) is 7.11 Å². The summed E-state index contributed by atoms with van der Waals surface area (Å²) in [6.45, 7) is 5.81. The van der Waals surface area contributed by atoms with Gasteiger partial charge in [-0.2, -0.15) is 0 Å². The second-order valence-electron chi connectivity index (χ2n) is 8.47. The van der Waals surface area contributed by atoms with Crippen LogP contribution in [0.15, 0.2) is 24.3 Å². The Labute approximate surface area is 165 Å². The van der Waals surface area contributed by atoms with Crippen LogP contribution in [0.2, 0.25) is 0 Å². The molecule has 3 rings (SSSR count). The molecule has 3 atom stereocenters. The second kappa shape index (κ2) is 7.81. The van der Waals surface area contributed by atoms with Crippen LogP contribution in [0.5, 0.6) is 0 Å². The van der Waals surface area contributed by atoms with Gasteiger partial charge >= 0.3 is 12.1 Å². The summed E-state index contributed by atoms with van der Waals surface area (Å²) in [6.07, 6.45) is 2.31. The maximum Gasteiger partial charge on any atom is 0.411 e. The Hall–Kier alpha value is -2.57. The number of methoxy groups -OCH3 is 1. The number of esters is 1. The Morgan fingerprint density at radius 1 is 1.14 bits per heavy atom. The average molecular weight is 388 g/mol. The molecule has 152 valence electrons. The smallest absolute Gasteiger partial charge is 0.411 e. The highest BCUT2D eigenvalue weighted by Gasteiger charge is 2.52. The number of carbonyl (C=O) groups is 3. The van der Waals surface area contributed by atoms with Gasteiger partial charge in [-0.15, -0.1) is 0 Å². The number of hydrogen-bond acceptors (Lipinski definition) is 5. The van der Waals surface area contributed by atoms with Crippen molar-refractivity contribution in [2.45, 2.75) is 64.3 Å². The Morgan fingerprint density at radius 2 is 1.82 bits per heavy atom. The van der Waals surface area contributed by atoms with E-state index in [0.717, 1.165) is 24.8 Å². The Morgan fingerprint density at radius 3 is 2.43 bits per heavy atom. The molecule has 1 aromatic carbocycles. The molecule has 0 aromatic heterocycles. The maximum absolute atomic E-state index is 12.9. The molecule has 7 heteroatoms. The van der Waals surface area contributed by atoms with Gasteiger partial charge < -0.3 is 14.8 Å². The molecule has 2 aliphatic rings. The van der Waals surface area contributed by atoms with Crippen molar-refractivity contribution in [3.63, 3.8) is 0 Å². The normalized spacial score (nSPS) is 23.4. The second-order valence-corrected chi connectivity index (χ2v) is 8.47. The lowest BCUT2D eigenvalue weighted by Gasteiger charge is -2.35. The molecule has 0 unspecified atom stereocenters. The summed E-state index contributed by atoms with van der Waals surface area (Å²) in [5.74, 6) is -0.375. The van der Waals surface area contributed by atoms with E-state index in [-0.39, 0.29) is 17.9 Å². The van der Waals surface area contributed by atoms with Crippen LogP contribution < -0.4 is 5.32 Å². The predicted octanol–water partition coefficient (Wildman–Crippen LogP) is 2.88. The number of likely N-dealkylation sites (tertiary alicyclic amines) is 1. The number of amides is 2. The Bertz CT molecular complexity index is 753. The Balaban J connectivity index is 1.64. The van der Waals surface area contributed by atoms with Gasteiger partial charge in [0.2, 0.25) is 5.91 Å². The van der Waals surface area contributed by atoms with Gasteiger partial charge in [-0.05, 0) is 63.6 Å². The number of nitrogens with zero attached hydrogens (tertiary/aromatic N) is 1. The number of rotatable bonds is 4. The number of carbonyl (C=O) groups excluding carboxylic acids is 3. The minimum absolute atomic E-state index is 0.0786. The monoisotopic (exact) mass is 388 g/mol. The first-order chi connectivity index (χ1) is 13.2. The first-order valence-corrected chi connectivity index (χ1v) is 9.66. The first-order valence-electron chi connectivity index (χ1n) is 9.66. The number of ether oxygens (including phenoxy) is 2. The van der Waals surface area contributed by atoms with Crippen molar-refractivity contribution in [2.24, 2.45) is 5.92 Å². The van der Waals surface area contributed by atoms with Gasteiger partial charge in [-0.3, -0.25) is 9.69 Å². The van der Waals surface area contributed by atoms with Crippen LogP contribution in [0.4, 0.5) is 4.79 Å². The molecule has 1 saturated carbocycles. The van der Waals surface area contributed by atoms with Crippen molar-refractivity contribution in [1.29, 1.82) is 0 Å². The first kappa shape index (κ1) is 20.2. The van der Waals surface area contributed by atoms with Crippen molar-refractivity contribution < 1.29 is 23.9 Å². The van der Waals surface area contributed by atoms with Gasteiger partial charge in [0.15, 0.2) is 0 Å². The van der Waals surface area contributed by atoms with Gasteiger partial charge in [0.25, 0.3) is 0 Å². The zero-order valence-corrected chi connectivity index (χ0v) is 16.9. The molecule has 0 spiro atoms. The zero-order valence-electron chi connectivity index (χ0n) is 16.9. The molecule has 1 saturated heterocycles. The van der Waals surface area contributed by atoms with Gasteiger partial charge in [0, 0.05) is 12.6 Å². The number of fused-ring (bicyclic) bond motifs is 2. The van der Waals surface area contributed by atoms with E-state index < -0.39 is 23.7 Å². The van der Waals surface area contributed by atoms with Gasteiger partial charge in [0.05, 0.1) is 12.7 Å². The van der Waals surface area contributed by atoms with E-state index in [1.165, 1.54) is 7.11 Å². The lowest BCUT2D eigenvalue weighted by atomic mass is 9.98. The zero-order chi connectivity index (χ0) is 20.5. The van der Waals surface area contributed by atoms with Crippen LogP contribution in [0, 0.1) is 5.92 Å². The van der Waals surface area contributed by atoms with Crippen LogP contribution in [0.25, 0.3) is 0 Å². The standard InChI is InChI=1S/C21H28N2O5/c1-21(2,3)28-20(26)23-16-10-9-15(11-16)17(23)18(24)22-12-13-5-7-14(8-6-13)19(25)27-4/h5-8,15-17H,9-12H2,1-4H3,(H,22,24)/t15-,16+,17-/m1/s1. The van der Waals surface area contributed by atoms with Gasteiger partial charge in [0.1, 0.15) is 11.6 Å². The molecule has 2 fully saturated rings. The highest BCUT2D eigenvalue weighted by atomic mass is 16.6. The number of nitrogens with one attached hydrogen (secondary N) is 1. The SMILES string of the molecule is COC(=O)c1ccc(CNC(=O)[C@H]2[C@@H]3CC[C@@H](C3)N2C(=O)OC(C)(C)C)cc1. The summed E-state index contributed by atoms with van der Waals surface area (Å²) in [7, 11) is 1.34. The number of hydrogen-bond donors (Lipinski definition) is 1. The van der Waals surface area contributed by atoms with E-state index in [1.807, 2.05) is 20.8 Å². The van der Waals surface area contributed by atoms with E-state index in [0.29, 0.717) is 12.1 Å². The molecule has 1 aromatic rings. The van der Waals surface area contributed by atoms with Crippen LogP contribution in [-0.2, 0) is 20.8 Å². The Kier molecular flexibility index (Phi) is 5.63. The van der Waals surface area contributed by atoms with Crippen molar-refractivity contribution in [3.05, 3.63) is 35.4 Å². The lowest BCUT2D eigenvalue weighted by Crippen LogP contribution is -2.53. The number of piperidine rings is 1. The van der Waals surface area contributed by atoms with E-state index >= 15 is 0 Å². The average Bonchev–Trinajstić information content (AvgIpc) is 3.26. The molecule has 1 aliphatic heterocycles. The molecule has 1 aliphatic carbocycles. The van der Waals surface area contributed by atoms with E-state index in [9.17, 15) is 14.4 Å². The molecule has 1 heterocycles. The summed E-state index contributed by atoms with van der Waals surface area (Å²) < 4.78 is 10.2. The highest BCUT2D eigenvalue weighted by molar-refractivity contribution is 5.89. The van der Waals surface area contributed by atoms with Gasteiger partial charge in [-0.1, -0.05) is 12.1 Å². The fourth-order valence-corrected chi connectivity index (χ4v) is 4.07. The topological polar surface area (TPSA) is 84.9 Å². The molecule has 1 N–H and O–H groups in total. The lowest BCUT2D eigenvalue weighted by molar-refractivity contribution is -0.128. The summed E-state index contributed by atoms with van der Waals surface area (Å²) in [6, 6.07) is 6.48. The third kappa shape index (κ3) is 4.29. The maximum atomic E-state index is 12.9. The molecule has 0 radical (unpaired) electrons. The fourth-order valence-electron chi connectivity index (χ4n) is 4.07. The van der Waals surface area contributed by atoms with Crippen molar-refractivity contribution >= 4 is 18.0 Å². The molecule has 2 bridgehead atoms. The predicted molar refractivity (Wildman–Crippen MR) is 103 cm³/mol. The quantitative estimate of drug-likeness (QED) is 0.802. The van der Waals surface area contributed by atoms with Crippen molar-refractivity contribution in [1.82, 2.24) is 10.2 Å². The highest BCUT2D eigenvalue weighted by Crippen LogP contribution is 2.43. The van der Waals surface area contributed by atoms with E-state index in [1.54, 1.807) is 29.2 Å². The minimum Gasteiger partial charge on any atom is -0.465 e. The molecular weight excluding hydrogens is 360 g/mol. The third-order valence-electron chi connectivity index (χ3n) is 5.30. The summed E-state index contributed by atoms with van der Waals surface area (Å²) in [4.78, 5) is 38.7. The van der Waals surface area contributed by atoms with Crippen LogP contribution in [0.3, 0.4) is 0 Å². The molecule has 2 amide bonds. The van der Waals surface area contributed by atoms with E-state index in [4.69, 9.17) is 4.74 Å². The summed E-state index contributed by atoms with van der Waals surface area (Å²) in [5.41, 5.74) is 0.733. The van der Waals surface area contributed by atoms with E-state index in [2.05, 4.69) is 10.1 Å². The molecule has 7 nitrogen and oxygen atoms in total. The van der Waals surface area contributed by atoms with Gasteiger partial charge in [-0.25, -0.2) is 9.59 Å². The van der Waals surface area contributed by atoms with Crippen LogP contribution >= 0.6 is 0 Å². The van der Waals surface area contributed by atoms with Crippen LogP contribution in [0.1, 0.15) is 56.0 Å². The summed E-state index contributed by atoms with van der Waals surface area (Å²) >= 11 is 0. The molecular formula is C21H28N2O5. The summed E-state index contributed by atoms with van der Waals surface area (Å²) in [5, 5.41) is 2.93. The minimum atomic E-state index is -0.596. The largest absolute Gasteiger partial charge is 0.465 e. The van der Waals surface area contributed by atoms with Crippen LogP contribution in [-0.4, -0.2) is 47.7 Å².